The molecule has 0 aliphatic carbocycles. The zero-order valence-electron chi connectivity index (χ0n) is 14.9. The zero-order valence-corrected chi connectivity index (χ0v) is 14.9. The molecule has 0 atom stereocenters. The molecule has 5 rings (SSSR count). The van der Waals surface area contributed by atoms with E-state index >= 15 is 0 Å². The predicted molar refractivity (Wildman–Crippen MR) is 117 cm³/mol. The van der Waals surface area contributed by atoms with Crippen LogP contribution in [-0.4, -0.2) is 0 Å². The van der Waals surface area contributed by atoms with Gasteiger partial charge in [-0.1, -0.05) is 78.9 Å². The van der Waals surface area contributed by atoms with Gasteiger partial charge in [0, 0.05) is 11.4 Å². The van der Waals surface area contributed by atoms with Gasteiger partial charge in [0.05, 0.1) is 0 Å². The van der Waals surface area contributed by atoms with Gasteiger partial charge in [0.1, 0.15) is 0 Å². The van der Waals surface area contributed by atoms with Gasteiger partial charge in [-0.05, 0) is 63.0 Å². The Labute approximate surface area is 158 Å². The maximum Gasteiger partial charge on any atom is 0.0390 e. The minimum atomic E-state index is 1.10. The SMILES string of the molecule is c1ccc(Nc2ccc3cc(-c4ccccc4)c4ccccc4c3c2)cc1. The molecule has 27 heavy (non-hydrogen) atoms. The summed E-state index contributed by atoms with van der Waals surface area (Å²) in [5, 5.41) is 8.60. The second-order valence-electron chi connectivity index (χ2n) is 6.76. The molecular formula is C26H19N. The molecule has 0 aliphatic rings. The Morgan fingerprint density at radius 3 is 1.89 bits per heavy atom. The van der Waals surface area contributed by atoms with Crippen molar-refractivity contribution in [2.75, 3.05) is 5.32 Å². The van der Waals surface area contributed by atoms with Crippen molar-refractivity contribution in [3.05, 3.63) is 109 Å². The van der Waals surface area contributed by atoms with Gasteiger partial charge in [0.15, 0.2) is 0 Å². The summed E-state index contributed by atoms with van der Waals surface area (Å²) in [4.78, 5) is 0. The van der Waals surface area contributed by atoms with Crippen molar-refractivity contribution in [1.29, 1.82) is 0 Å². The standard InChI is InChI=1S/C26H19N/c1-3-9-19(10-4-1)25-17-20-15-16-22(27-21-11-5-2-6-12-21)18-26(20)24-14-8-7-13-23(24)25/h1-18,27H. The fourth-order valence-electron chi connectivity index (χ4n) is 3.72. The van der Waals surface area contributed by atoms with Crippen LogP contribution in [0.1, 0.15) is 0 Å². The van der Waals surface area contributed by atoms with Gasteiger partial charge in [-0.15, -0.1) is 0 Å². The minimum absolute atomic E-state index is 1.10. The Hall–Kier alpha value is -3.58. The summed E-state index contributed by atoms with van der Waals surface area (Å²) in [6, 6.07) is 38.5. The number of nitrogens with one attached hydrogen (secondary N) is 1. The molecule has 1 N–H and O–H groups in total. The van der Waals surface area contributed by atoms with Crippen LogP contribution in [0.4, 0.5) is 11.4 Å². The summed E-state index contributed by atoms with van der Waals surface area (Å²) in [7, 11) is 0. The van der Waals surface area contributed by atoms with Crippen LogP contribution in [0.15, 0.2) is 109 Å². The molecule has 0 amide bonds. The fourth-order valence-corrected chi connectivity index (χ4v) is 3.72. The first-order valence-electron chi connectivity index (χ1n) is 9.21. The van der Waals surface area contributed by atoms with E-state index in [4.69, 9.17) is 0 Å². The Morgan fingerprint density at radius 1 is 0.444 bits per heavy atom. The summed E-state index contributed by atoms with van der Waals surface area (Å²) < 4.78 is 0. The van der Waals surface area contributed by atoms with E-state index in [-0.39, 0.29) is 0 Å². The Balaban J connectivity index is 1.71. The zero-order chi connectivity index (χ0) is 18.1. The van der Waals surface area contributed by atoms with E-state index in [0.29, 0.717) is 0 Å². The molecule has 1 nitrogen and oxygen atoms in total. The summed E-state index contributed by atoms with van der Waals surface area (Å²) in [5.74, 6) is 0. The van der Waals surface area contributed by atoms with Crippen LogP contribution in [0.25, 0.3) is 32.7 Å². The van der Waals surface area contributed by atoms with E-state index < -0.39 is 0 Å². The van der Waals surface area contributed by atoms with E-state index in [1.54, 1.807) is 0 Å². The lowest BCUT2D eigenvalue weighted by molar-refractivity contribution is 1.57. The van der Waals surface area contributed by atoms with Crippen LogP contribution < -0.4 is 5.32 Å². The van der Waals surface area contributed by atoms with Crippen LogP contribution in [0.5, 0.6) is 0 Å². The molecule has 0 saturated heterocycles. The average Bonchev–Trinajstić information content (AvgIpc) is 2.75. The van der Waals surface area contributed by atoms with Gasteiger partial charge in [-0.2, -0.15) is 0 Å². The van der Waals surface area contributed by atoms with Crippen molar-refractivity contribution >= 4 is 32.9 Å². The van der Waals surface area contributed by atoms with E-state index in [2.05, 4.69) is 96.3 Å². The number of benzene rings is 5. The monoisotopic (exact) mass is 345 g/mol. The summed E-state index contributed by atoms with van der Waals surface area (Å²) >= 11 is 0. The second-order valence-corrected chi connectivity index (χ2v) is 6.76. The molecule has 128 valence electrons. The molecule has 0 unspecified atom stereocenters. The number of hydrogen-bond donors (Lipinski definition) is 1. The predicted octanol–water partition coefficient (Wildman–Crippen LogP) is 7.40. The quantitative estimate of drug-likeness (QED) is 0.336. The molecule has 0 radical (unpaired) electrons. The highest BCUT2D eigenvalue weighted by Crippen LogP contribution is 2.36. The van der Waals surface area contributed by atoms with Crippen LogP contribution >= 0.6 is 0 Å². The highest BCUT2D eigenvalue weighted by molar-refractivity contribution is 6.14. The highest BCUT2D eigenvalue weighted by atomic mass is 14.9. The molecule has 1 heteroatoms. The van der Waals surface area contributed by atoms with Crippen molar-refractivity contribution in [3.63, 3.8) is 0 Å². The highest BCUT2D eigenvalue weighted by Gasteiger charge is 2.09. The normalized spacial score (nSPS) is 11.0. The Morgan fingerprint density at radius 2 is 1.11 bits per heavy atom. The van der Waals surface area contributed by atoms with Crippen LogP contribution in [0.2, 0.25) is 0 Å². The van der Waals surface area contributed by atoms with Gasteiger partial charge in [-0.25, -0.2) is 0 Å². The van der Waals surface area contributed by atoms with Gasteiger partial charge in [0.2, 0.25) is 0 Å². The summed E-state index contributed by atoms with van der Waals surface area (Å²) in [6.45, 7) is 0. The third-order valence-electron chi connectivity index (χ3n) is 5.01. The molecule has 0 aliphatic heterocycles. The molecule has 0 bridgehead atoms. The summed E-state index contributed by atoms with van der Waals surface area (Å²) in [6.07, 6.45) is 0. The fraction of sp³-hybridized carbons (Fsp3) is 0. The second kappa shape index (κ2) is 6.62. The van der Waals surface area contributed by atoms with Crippen molar-refractivity contribution in [3.8, 4) is 11.1 Å². The van der Waals surface area contributed by atoms with Crippen molar-refractivity contribution in [2.45, 2.75) is 0 Å². The Bertz CT molecular complexity index is 1220. The first-order valence-corrected chi connectivity index (χ1v) is 9.21. The Kier molecular flexibility index (Phi) is 3.84. The number of para-hydroxylation sites is 1. The molecule has 0 spiro atoms. The number of hydrogen-bond acceptors (Lipinski definition) is 1. The van der Waals surface area contributed by atoms with Crippen LogP contribution in [0.3, 0.4) is 0 Å². The molecule has 5 aromatic rings. The molecule has 0 fully saturated rings. The molecule has 0 saturated carbocycles. The molecule has 0 heterocycles. The van der Waals surface area contributed by atoms with Gasteiger partial charge < -0.3 is 5.32 Å². The lowest BCUT2D eigenvalue weighted by atomic mass is 9.93. The number of anilines is 2. The average molecular weight is 345 g/mol. The third-order valence-corrected chi connectivity index (χ3v) is 5.01. The maximum absolute atomic E-state index is 3.51. The molecule has 5 aromatic carbocycles. The first kappa shape index (κ1) is 15.7. The first-order chi connectivity index (χ1) is 13.4. The lowest BCUT2D eigenvalue weighted by Gasteiger charge is -2.13. The van der Waals surface area contributed by atoms with Gasteiger partial charge in [-0.3, -0.25) is 0 Å². The van der Waals surface area contributed by atoms with Crippen LogP contribution in [0, 0.1) is 0 Å². The van der Waals surface area contributed by atoms with E-state index in [1.807, 2.05) is 18.2 Å². The minimum Gasteiger partial charge on any atom is -0.356 e. The smallest absolute Gasteiger partial charge is 0.0390 e. The molecule has 0 aromatic heterocycles. The summed E-state index contributed by atoms with van der Waals surface area (Å²) in [5.41, 5.74) is 4.73. The van der Waals surface area contributed by atoms with E-state index in [1.165, 1.54) is 32.7 Å². The van der Waals surface area contributed by atoms with Gasteiger partial charge in [0.25, 0.3) is 0 Å². The number of rotatable bonds is 3. The topological polar surface area (TPSA) is 12.0 Å². The van der Waals surface area contributed by atoms with Crippen molar-refractivity contribution in [1.82, 2.24) is 0 Å². The van der Waals surface area contributed by atoms with Crippen molar-refractivity contribution < 1.29 is 0 Å². The lowest BCUT2D eigenvalue weighted by Crippen LogP contribution is -1.90. The van der Waals surface area contributed by atoms with E-state index in [9.17, 15) is 0 Å². The van der Waals surface area contributed by atoms with Crippen molar-refractivity contribution in [2.24, 2.45) is 0 Å². The van der Waals surface area contributed by atoms with Crippen LogP contribution in [-0.2, 0) is 0 Å². The maximum atomic E-state index is 3.51. The van der Waals surface area contributed by atoms with Gasteiger partial charge >= 0.3 is 0 Å². The molecular weight excluding hydrogens is 326 g/mol. The largest absolute Gasteiger partial charge is 0.356 e. The number of fused-ring (bicyclic) bond motifs is 3. The third kappa shape index (κ3) is 2.94. The van der Waals surface area contributed by atoms with E-state index in [0.717, 1.165) is 11.4 Å².